The van der Waals surface area contributed by atoms with E-state index in [1.54, 1.807) is 12.1 Å². The van der Waals surface area contributed by atoms with Crippen LogP contribution in [0.15, 0.2) is 176 Å². The minimum absolute atomic E-state index is 0.509. The Kier molecular flexibility index (Phi) is 7.27. The Morgan fingerprint density at radius 3 is 1.50 bits per heavy atom. The fraction of sp³-hybridized carbons (Fsp3) is 0. The highest BCUT2D eigenvalue weighted by atomic mass is 28.3. The van der Waals surface area contributed by atoms with Crippen LogP contribution in [0.2, 0.25) is 0 Å². The molecule has 0 N–H and O–H groups in total. The summed E-state index contributed by atoms with van der Waals surface area (Å²) in [7, 11) is -2.83. The van der Waals surface area contributed by atoms with Gasteiger partial charge in [-0.25, -0.2) is 4.85 Å². The molecule has 0 saturated carbocycles. The highest BCUT2D eigenvalue weighted by Gasteiger charge is 2.41. The quantitative estimate of drug-likeness (QED) is 0.104. The lowest BCUT2D eigenvalue weighted by Gasteiger charge is -2.34. The van der Waals surface area contributed by atoms with Gasteiger partial charge in [0.2, 0.25) is 0 Å². The summed E-state index contributed by atoms with van der Waals surface area (Å²) in [6.45, 7) is 8.33. The van der Waals surface area contributed by atoms with E-state index in [4.69, 9.17) is 6.57 Å². The summed E-state index contributed by atoms with van der Waals surface area (Å²) < 4.78 is 2.18. The van der Waals surface area contributed by atoms with E-state index in [0.717, 1.165) is 38.6 Å². The number of rotatable bonds is 6. The molecule has 0 atom stereocenters. The Labute approximate surface area is 281 Å². The van der Waals surface area contributed by atoms with Crippen molar-refractivity contribution in [2.75, 3.05) is 0 Å². The molecule has 0 spiro atoms. The first-order valence-electron chi connectivity index (χ1n) is 16.0. The van der Waals surface area contributed by atoms with Gasteiger partial charge in [0.05, 0.1) is 28.9 Å². The Morgan fingerprint density at radius 1 is 0.521 bits per heavy atom. The number of nitriles is 1. The third-order valence-corrected chi connectivity index (χ3v) is 14.2. The molecular formula is C44H29N3Si. The van der Waals surface area contributed by atoms with E-state index in [-0.39, 0.29) is 0 Å². The van der Waals surface area contributed by atoms with E-state index in [2.05, 4.69) is 155 Å². The van der Waals surface area contributed by atoms with Crippen LogP contribution in [0, 0.1) is 17.9 Å². The average Bonchev–Trinajstić information content (AvgIpc) is 3.50. The second kappa shape index (κ2) is 12.0. The topological polar surface area (TPSA) is 33.1 Å². The molecule has 0 aliphatic rings. The summed E-state index contributed by atoms with van der Waals surface area (Å²) in [5.41, 5.74) is 5.42. The molecule has 0 saturated heterocycles. The van der Waals surface area contributed by atoms with Crippen molar-refractivity contribution in [2.24, 2.45) is 0 Å². The van der Waals surface area contributed by atoms with Crippen LogP contribution in [0.1, 0.15) is 5.56 Å². The van der Waals surface area contributed by atoms with Crippen molar-refractivity contribution < 1.29 is 0 Å². The molecule has 0 unspecified atom stereocenters. The molecule has 8 aromatic rings. The molecule has 3 nitrogen and oxygen atoms in total. The van der Waals surface area contributed by atoms with Gasteiger partial charge in [-0.15, -0.1) is 0 Å². The van der Waals surface area contributed by atoms with E-state index in [1.165, 1.54) is 20.7 Å². The zero-order valence-electron chi connectivity index (χ0n) is 26.1. The second-order valence-corrected chi connectivity index (χ2v) is 15.7. The molecule has 4 heteroatoms. The van der Waals surface area contributed by atoms with Gasteiger partial charge in [0.1, 0.15) is 6.07 Å². The fourth-order valence-corrected chi connectivity index (χ4v) is 12.2. The largest absolute Gasteiger partial charge is 0.309 e. The predicted octanol–water partition coefficient (Wildman–Crippen LogP) is 8.25. The van der Waals surface area contributed by atoms with E-state index in [1.807, 2.05) is 24.3 Å². The Bertz CT molecular complexity index is 2370. The van der Waals surface area contributed by atoms with Crippen LogP contribution in [0.25, 0.3) is 43.5 Å². The Morgan fingerprint density at radius 2 is 1.00 bits per heavy atom. The maximum atomic E-state index is 10.6. The molecule has 0 aliphatic heterocycles. The van der Waals surface area contributed by atoms with Crippen LogP contribution in [0.5, 0.6) is 0 Å². The Balaban J connectivity index is 1.49. The number of aromatic nitrogens is 1. The van der Waals surface area contributed by atoms with E-state index in [9.17, 15) is 5.26 Å². The van der Waals surface area contributed by atoms with Crippen molar-refractivity contribution in [1.29, 1.82) is 5.26 Å². The van der Waals surface area contributed by atoms with Crippen molar-refractivity contribution in [2.45, 2.75) is 0 Å². The zero-order valence-corrected chi connectivity index (χ0v) is 27.1. The van der Waals surface area contributed by atoms with Gasteiger partial charge in [0, 0.05) is 16.3 Å². The monoisotopic (exact) mass is 627 g/mol. The summed E-state index contributed by atoms with van der Waals surface area (Å²) in [6.07, 6.45) is 0. The van der Waals surface area contributed by atoms with E-state index < -0.39 is 8.07 Å². The number of fused-ring (bicyclic) bond motifs is 3. The SMILES string of the molecule is [C-]#[N+]c1ccc(C#N)c(-n2c3ccccc3c3ccccc32)c1-c1cccc([Si](c2ccccc2)(c2ccccc2)c2ccccc2)c1. The molecular weight excluding hydrogens is 599 g/mol. The van der Waals surface area contributed by atoms with Crippen LogP contribution in [0.3, 0.4) is 0 Å². The lowest BCUT2D eigenvalue weighted by atomic mass is 9.97. The summed E-state index contributed by atoms with van der Waals surface area (Å²) in [5, 5.41) is 17.8. The zero-order chi connectivity index (χ0) is 32.5. The molecule has 224 valence electrons. The summed E-state index contributed by atoms with van der Waals surface area (Å²) in [4.78, 5) is 4.06. The molecule has 0 radical (unpaired) electrons. The molecule has 0 bridgehead atoms. The lowest BCUT2D eigenvalue weighted by molar-refractivity contribution is 1.17. The van der Waals surface area contributed by atoms with Gasteiger partial charge in [-0.1, -0.05) is 164 Å². The number of nitrogens with zero attached hydrogens (tertiary/aromatic N) is 3. The smallest absolute Gasteiger partial charge is 0.197 e. The minimum Gasteiger partial charge on any atom is -0.309 e. The molecule has 1 aromatic heterocycles. The van der Waals surface area contributed by atoms with Gasteiger partial charge in [0.15, 0.2) is 13.8 Å². The highest BCUT2D eigenvalue weighted by Crippen LogP contribution is 2.42. The number of para-hydroxylation sites is 2. The Hall–Kier alpha value is -6.46. The van der Waals surface area contributed by atoms with Gasteiger partial charge in [-0.05, 0) is 38.4 Å². The molecule has 48 heavy (non-hydrogen) atoms. The van der Waals surface area contributed by atoms with Gasteiger partial charge in [0.25, 0.3) is 0 Å². The predicted molar refractivity (Wildman–Crippen MR) is 201 cm³/mol. The van der Waals surface area contributed by atoms with Gasteiger partial charge < -0.3 is 4.57 Å². The van der Waals surface area contributed by atoms with Crippen LogP contribution < -0.4 is 20.7 Å². The van der Waals surface area contributed by atoms with Crippen molar-refractivity contribution in [1.82, 2.24) is 4.57 Å². The second-order valence-electron chi connectivity index (χ2n) is 11.9. The third-order valence-electron chi connectivity index (χ3n) is 9.41. The summed E-state index contributed by atoms with van der Waals surface area (Å²) in [5.74, 6) is 0. The molecule has 0 aliphatic carbocycles. The van der Waals surface area contributed by atoms with Crippen molar-refractivity contribution in [3.05, 3.63) is 193 Å². The van der Waals surface area contributed by atoms with Crippen LogP contribution in [-0.4, -0.2) is 12.6 Å². The first kappa shape index (κ1) is 29.0. The van der Waals surface area contributed by atoms with Crippen LogP contribution in [-0.2, 0) is 0 Å². The standard InChI is InChI=1S/C44H29N3Si/c1-46-40-29-28-33(31-45)44(47-41-26-13-11-24-38(41)39-25-12-14-27-42(39)47)43(40)32-16-15-23-37(30-32)48(34-17-5-2-6-18-34,35-19-7-3-8-20-35)36-21-9-4-10-22-36/h2-30H. The van der Waals surface area contributed by atoms with Crippen molar-refractivity contribution in [3.8, 4) is 22.9 Å². The van der Waals surface area contributed by atoms with E-state index in [0.29, 0.717) is 11.3 Å². The minimum atomic E-state index is -2.83. The summed E-state index contributed by atoms with van der Waals surface area (Å²) >= 11 is 0. The fourth-order valence-electron chi connectivity index (χ4n) is 7.42. The number of benzene rings is 7. The molecule has 0 amide bonds. The molecule has 0 fully saturated rings. The summed E-state index contributed by atoms with van der Waals surface area (Å²) in [6, 6.07) is 63.9. The maximum absolute atomic E-state index is 10.6. The first-order chi connectivity index (χ1) is 23.8. The third kappa shape index (κ3) is 4.48. The van der Waals surface area contributed by atoms with Gasteiger partial charge >= 0.3 is 0 Å². The highest BCUT2D eigenvalue weighted by molar-refractivity contribution is 7.19. The number of hydrogen-bond donors (Lipinski definition) is 0. The normalized spacial score (nSPS) is 11.3. The first-order valence-corrected chi connectivity index (χ1v) is 18.0. The lowest BCUT2D eigenvalue weighted by Crippen LogP contribution is -2.74. The van der Waals surface area contributed by atoms with Gasteiger partial charge in [-0.2, -0.15) is 5.26 Å². The van der Waals surface area contributed by atoms with Gasteiger partial charge in [-0.3, -0.25) is 0 Å². The maximum Gasteiger partial charge on any atom is 0.197 e. The van der Waals surface area contributed by atoms with Crippen molar-refractivity contribution in [3.63, 3.8) is 0 Å². The van der Waals surface area contributed by atoms with E-state index >= 15 is 0 Å². The van der Waals surface area contributed by atoms with Crippen molar-refractivity contribution >= 4 is 56.3 Å². The van der Waals surface area contributed by atoms with Crippen LogP contribution >= 0.6 is 0 Å². The molecule has 8 rings (SSSR count). The molecule has 7 aromatic carbocycles. The molecule has 1 heterocycles. The number of hydrogen-bond acceptors (Lipinski definition) is 1. The van der Waals surface area contributed by atoms with Crippen LogP contribution in [0.4, 0.5) is 5.69 Å². The average molecular weight is 628 g/mol.